The summed E-state index contributed by atoms with van der Waals surface area (Å²) in [7, 11) is -3.10. The highest BCUT2D eigenvalue weighted by atomic mass is 32.3. The minimum absolute atomic E-state index is 0.0212. The molecule has 0 bridgehead atoms. The molecule has 25 heavy (non-hydrogen) atoms. The molecule has 2 aliphatic heterocycles. The van der Waals surface area contributed by atoms with Gasteiger partial charge in [-0.05, 0) is 18.6 Å². The fourth-order valence-electron chi connectivity index (χ4n) is 3.46. The van der Waals surface area contributed by atoms with Gasteiger partial charge in [-0.3, -0.25) is 13.4 Å². The molecule has 4 rings (SSSR count). The highest BCUT2D eigenvalue weighted by Gasteiger charge is 2.43. The first kappa shape index (κ1) is 16.2. The van der Waals surface area contributed by atoms with Crippen LogP contribution in [0.1, 0.15) is 6.42 Å². The monoisotopic (exact) mass is 361 g/mol. The van der Waals surface area contributed by atoms with Gasteiger partial charge in [0.15, 0.2) is 12.0 Å². The van der Waals surface area contributed by atoms with E-state index in [-0.39, 0.29) is 6.04 Å². The second kappa shape index (κ2) is 6.24. The normalized spacial score (nSPS) is 24.4. The lowest BCUT2D eigenvalue weighted by Crippen LogP contribution is -2.38. The molecule has 132 valence electrons. The van der Waals surface area contributed by atoms with Crippen molar-refractivity contribution in [3.63, 3.8) is 0 Å². The third kappa shape index (κ3) is 2.83. The molecule has 1 unspecified atom stereocenters. The maximum atomic E-state index is 10.9. The summed E-state index contributed by atoms with van der Waals surface area (Å²) in [5, 5.41) is 12.7. The number of rotatable bonds is 3. The van der Waals surface area contributed by atoms with Crippen molar-refractivity contribution in [1.29, 1.82) is 5.26 Å². The van der Waals surface area contributed by atoms with Crippen LogP contribution in [0.15, 0.2) is 41.1 Å². The summed E-state index contributed by atoms with van der Waals surface area (Å²) < 4.78 is 30.3. The van der Waals surface area contributed by atoms with Crippen LogP contribution >= 0.6 is 11.0 Å². The van der Waals surface area contributed by atoms with E-state index in [1.807, 2.05) is 24.3 Å². The molecule has 0 spiro atoms. The molecule has 2 N–H and O–H groups in total. The van der Waals surface area contributed by atoms with Crippen LogP contribution in [-0.2, 0) is 0 Å². The van der Waals surface area contributed by atoms with Crippen LogP contribution in [0, 0.1) is 11.5 Å². The SMILES string of the molecule is N#CN1CCC(N2CCN(c3cccc(-c4ccno4)c3)S2(O)O)C1. The molecule has 0 radical (unpaired) electrons. The second-order valence-electron chi connectivity index (χ2n) is 6.15. The molecule has 3 heterocycles. The standard InChI is InChI=1S/C16H19N5O3S/c17-12-19-7-5-15(11-19)21-9-8-20(25(21,22)23)14-3-1-2-13(10-14)16-4-6-18-24-16/h1-4,6,10,15,22-23H,5,7-9,11H2. The fraction of sp³-hybridized carbons (Fsp3) is 0.375. The van der Waals surface area contributed by atoms with Gasteiger partial charge in [0.2, 0.25) is 0 Å². The molecule has 0 saturated carbocycles. The van der Waals surface area contributed by atoms with Gasteiger partial charge in [-0.1, -0.05) is 28.3 Å². The van der Waals surface area contributed by atoms with Gasteiger partial charge in [0.05, 0.1) is 24.5 Å². The molecule has 1 aromatic carbocycles. The smallest absolute Gasteiger partial charge is 0.179 e. The minimum Gasteiger partial charge on any atom is -0.356 e. The third-order valence-corrected chi connectivity index (χ3v) is 6.80. The highest BCUT2D eigenvalue weighted by molar-refractivity contribution is 8.23. The topological polar surface area (TPSA) is 100 Å². The first-order chi connectivity index (χ1) is 12.1. The summed E-state index contributed by atoms with van der Waals surface area (Å²) in [6.45, 7) is 2.27. The van der Waals surface area contributed by atoms with Gasteiger partial charge < -0.3 is 9.42 Å². The Labute approximate surface area is 147 Å². The summed E-state index contributed by atoms with van der Waals surface area (Å²) in [6, 6.07) is 9.22. The Hall–Kier alpha value is -2.25. The molecular formula is C16H19N5O3S. The van der Waals surface area contributed by atoms with Crippen molar-refractivity contribution in [3.8, 4) is 17.5 Å². The predicted octanol–water partition coefficient (Wildman–Crippen LogP) is 2.60. The Kier molecular flexibility index (Phi) is 4.05. The Bertz CT molecular complexity index is 791. The quantitative estimate of drug-likeness (QED) is 0.805. The van der Waals surface area contributed by atoms with Crippen LogP contribution in [0.4, 0.5) is 5.69 Å². The van der Waals surface area contributed by atoms with Gasteiger partial charge in [-0.2, -0.15) is 9.57 Å². The zero-order chi connectivity index (χ0) is 17.4. The number of benzene rings is 1. The number of anilines is 1. The molecule has 2 saturated heterocycles. The summed E-state index contributed by atoms with van der Waals surface area (Å²) in [6.07, 6.45) is 4.47. The van der Waals surface area contributed by atoms with Crippen molar-refractivity contribution in [2.24, 2.45) is 0 Å². The molecule has 1 aromatic heterocycles. The zero-order valence-electron chi connectivity index (χ0n) is 13.5. The van der Waals surface area contributed by atoms with Crippen molar-refractivity contribution < 1.29 is 13.6 Å². The maximum Gasteiger partial charge on any atom is 0.179 e. The average molecular weight is 361 g/mol. The van der Waals surface area contributed by atoms with Crippen molar-refractivity contribution in [3.05, 3.63) is 36.5 Å². The Morgan fingerprint density at radius 3 is 2.84 bits per heavy atom. The van der Waals surface area contributed by atoms with Gasteiger partial charge in [0, 0.05) is 31.3 Å². The third-order valence-electron chi connectivity index (χ3n) is 4.70. The first-order valence-electron chi connectivity index (χ1n) is 8.08. The number of nitrogens with zero attached hydrogens (tertiary/aromatic N) is 5. The largest absolute Gasteiger partial charge is 0.356 e. The molecule has 8 nitrogen and oxygen atoms in total. The van der Waals surface area contributed by atoms with Crippen LogP contribution in [0.2, 0.25) is 0 Å². The van der Waals surface area contributed by atoms with Crippen molar-refractivity contribution >= 4 is 16.6 Å². The number of likely N-dealkylation sites (tertiary alicyclic amines) is 1. The van der Waals surface area contributed by atoms with E-state index >= 15 is 0 Å². The van der Waals surface area contributed by atoms with Crippen LogP contribution < -0.4 is 4.31 Å². The van der Waals surface area contributed by atoms with E-state index in [4.69, 9.17) is 9.78 Å². The van der Waals surface area contributed by atoms with Gasteiger partial charge in [0.25, 0.3) is 0 Å². The van der Waals surface area contributed by atoms with E-state index in [9.17, 15) is 9.11 Å². The van der Waals surface area contributed by atoms with E-state index in [0.717, 1.165) is 17.7 Å². The van der Waals surface area contributed by atoms with Crippen LogP contribution in [0.25, 0.3) is 11.3 Å². The van der Waals surface area contributed by atoms with Crippen LogP contribution in [0.3, 0.4) is 0 Å². The zero-order valence-corrected chi connectivity index (χ0v) is 14.3. The summed E-state index contributed by atoms with van der Waals surface area (Å²) in [5.41, 5.74) is 1.56. The summed E-state index contributed by atoms with van der Waals surface area (Å²) >= 11 is 0. The molecule has 1 atom stereocenters. The van der Waals surface area contributed by atoms with E-state index in [2.05, 4.69) is 11.3 Å². The summed E-state index contributed by atoms with van der Waals surface area (Å²) in [5.74, 6) is 0.634. The Balaban J connectivity index is 1.58. The van der Waals surface area contributed by atoms with Crippen molar-refractivity contribution in [1.82, 2.24) is 14.4 Å². The van der Waals surface area contributed by atoms with Crippen molar-refractivity contribution in [2.45, 2.75) is 12.5 Å². The minimum atomic E-state index is -3.10. The fourth-order valence-corrected chi connectivity index (χ4v) is 5.34. The average Bonchev–Trinajstić information content (AvgIpc) is 3.34. The van der Waals surface area contributed by atoms with Crippen LogP contribution in [-0.4, -0.2) is 55.7 Å². The Morgan fingerprint density at radius 1 is 1.24 bits per heavy atom. The Morgan fingerprint density at radius 2 is 2.12 bits per heavy atom. The summed E-state index contributed by atoms with van der Waals surface area (Å²) in [4.78, 5) is 1.66. The van der Waals surface area contributed by atoms with Crippen LogP contribution in [0.5, 0.6) is 0 Å². The maximum absolute atomic E-state index is 10.9. The van der Waals surface area contributed by atoms with Gasteiger partial charge in [-0.15, -0.1) is 0 Å². The first-order valence-corrected chi connectivity index (χ1v) is 9.54. The molecule has 9 heteroatoms. The second-order valence-corrected chi connectivity index (χ2v) is 8.04. The van der Waals surface area contributed by atoms with Gasteiger partial charge in [-0.25, -0.2) is 0 Å². The number of hydrogen-bond acceptors (Lipinski definition) is 8. The van der Waals surface area contributed by atoms with E-state index in [1.165, 1.54) is 0 Å². The van der Waals surface area contributed by atoms with E-state index in [1.54, 1.807) is 25.8 Å². The van der Waals surface area contributed by atoms with E-state index < -0.39 is 11.0 Å². The van der Waals surface area contributed by atoms with Gasteiger partial charge >= 0.3 is 0 Å². The molecule has 2 aliphatic rings. The predicted molar refractivity (Wildman–Crippen MR) is 94.4 cm³/mol. The lowest BCUT2D eigenvalue weighted by atomic mass is 10.1. The van der Waals surface area contributed by atoms with Gasteiger partial charge in [0.1, 0.15) is 0 Å². The molecular weight excluding hydrogens is 342 g/mol. The number of hydrogen-bond donors (Lipinski definition) is 2. The highest BCUT2D eigenvalue weighted by Crippen LogP contribution is 2.55. The molecule has 2 fully saturated rings. The lowest BCUT2D eigenvalue weighted by Gasteiger charge is -2.45. The molecule has 2 aromatic rings. The molecule has 0 amide bonds. The van der Waals surface area contributed by atoms with E-state index in [0.29, 0.717) is 31.9 Å². The number of nitriles is 1. The number of aromatic nitrogens is 1. The lowest BCUT2D eigenvalue weighted by molar-refractivity contribution is 0.310. The molecule has 0 aliphatic carbocycles. The van der Waals surface area contributed by atoms with Crippen molar-refractivity contribution in [2.75, 3.05) is 30.5 Å².